The molecule has 0 saturated heterocycles. The Labute approximate surface area is 94.9 Å². The van der Waals surface area contributed by atoms with Crippen molar-refractivity contribution in [1.82, 2.24) is 10.3 Å². The Kier molecular flexibility index (Phi) is 4.56. The molecule has 0 saturated carbocycles. The zero-order chi connectivity index (χ0) is 11.3. The minimum atomic E-state index is -0.159. The van der Waals surface area contributed by atoms with Crippen molar-refractivity contribution in [3.05, 3.63) is 29.0 Å². The van der Waals surface area contributed by atoms with Crippen molar-refractivity contribution in [2.24, 2.45) is 5.92 Å². The van der Waals surface area contributed by atoms with Gasteiger partial charge in [-0.05, 0) is 12.0 Å². The number of hydrogen-bond acceptors (Lipinski definition) is 2. The Morgan fingerprint density at radius 3 is 3.00 bits per heavy atom. The van der Waals surface area contributed by atoms with Gasteiger partial charge >= 0.3 is 0 Å². The molecule has 1 rings (SSSR count). The van der Waals surface area contributed by atoms with Crippen LogP contribution >= 0.6 is 11.6 Å². The van der Waals surface area contributed by atoms with E-state index in [2.05, 4.69) is 24.1 Å². The zero-order valence-corrected chi connectivity index (χ0v) is 9.71. The summed E-state index contributed by atoms with van der Waals surface area (Å²) in [4.78, 5) is 15.5. The summed E-state index contributed by atoms with van der Waals surface area (Å²) in [5.74, 6) is 0.317. The van der Waals surface area contributed by atoms with E-state index >= 15 is 0 Å². The summed E-state index contributed by atoms with van der Waals surface area (Å²) in [7, 11) is 0. The molecule has 15 heavy (non-hydrogen) atoms. The smallest absolute Gasteiger partial charge is 0.254 e. The van der Waals surface area contributed by atoms with Crippen LogP contribution in [0.5, 0.6) is 0 Å². The monoisotopic (exact) mass is 226 g/mol. The van der Waals surface area contributed by atoms with Crippen LogP contribution in [0, 0.1) is 5.92 Å². The lowest BCUT2D eigenvalue weighted by Crippen LogP contribution is -2.28. The van der Waals surface area contributed by atoms with Crippen molar-refractivity contribution >= 4 is 17.5 Å². The van der Waals surface area contributed by atoms with Gasteiger partial charge in [0.15, 0.2) is 0 Å². The molecule has 0 aromatic carbocycles. The highest BCUT2D eigenvalue weighted by molar-refractivity contribution is 6.33. The average molecular weight is 227 g/mol. The van der Waals surface area contributed by atoms with E-state index in [0.717, 1.165) is 6.42 Å². The van der Waals surface area contributed by atoms with E-state index < -0.39 is 0 Å². The first kappa shape index (κ1) is 12.0. The molecule has 1 heterocycles. The number of hydrogen-bond donors (Lipinski definition) is 1. The number of pyridine rings is 1. The van der Waals surface area contributed by atoms with Crippen molar-refractivity contribution < 1.29 is 4.79 Å². The lowest BCUT2D eigenvalue weighted by Gasteiger charge is -2.10. The second-order valence-corrected chi connectivity index (χ2v) is 3.99. The standard InChI is InChI=1S/C11H15ClN2O/c1-3-8(2)6-14-11(15)9-7-13-5-4-10(9)12/h4-5,7-8H,3,6H2,1-2H3,(H,14,15). The maximum absolute atomic E-state index is 11.7. The van der Waals surface area contributed by atoms with E-state index in [1.165, 1.54) is 6.20 Å². The van der Waals surface area contributed by atoms with Gasteiger partial charge in [0, 0.05) is 18.9 Å². The van der Waals surface area contributed by atoms with Crippen LogP contribution in [0.3, 0.4) is 0 Å². The molecule has 0 spiro atoms. The van der Waals surface area contributed by atoms with Crippen LogP contribution < -0.4 is 5.32 Å². The maximum Gasteiger partial charge on any atom is 0.254 e. The van der Waals surface area contributed by atoms with E-state index in [0.29, 0.717) is 23.0 Å². The summed E-state index contributed by atoms with van der Waals surface area (Å²) in [5.41, 5.74) is 0.433. The van der Waals surface area contributed by atoms with Crippen molar-refractivity contribution in [1.29, 1.82) is 0 Å². The Balaban J connectivity index is 2.58. The second kappa shape index (κ2) is 5.71. The van der Waals surface area contributed by atoms with Gasteiger partial charge in [-0.25, -0.2) is 0 Å². The molecule has 1 aromatic heterocycles. The van der Waals surface area contributed by atoms with Crippen LogP contribution in [0.2, 0.25) is 5.02 Å². The normalized spacial score (nSPS) is 12.2. The van der Waals surface area contributed by atoms with Gasteiger partial charge in [0.25, 0.3) is 5.91 Å². The molecule has 1 atom stereocenters. The molecular formula is C11H15ClN2O. The predicted octanol–water partition coefficient (Wildman–Crippen LogP) is 2.51. The van der Waals surface area contributed by atoms with E-state index in [1.807, 2.05) is 0 Å². The van der Waals surface area contributed by atoms with Gasteiger partial charge in [-0.2, -0.15) is 0 Å². The molecule has 4 heteroatoms. The molecule has 0 aliphatic carbocycles. The molecule has 1 unspecified atom stereocenters. The Hall–Kier alpha value is -1.09. The Bertz CT molecular complexity index is 341. The van der Waals surface area contributed by atoms with Crippen molar-refractivity contribution in [3.63, 3.8) is 0 Å². The molecule has 1 amide bonds. The molecule has 1 aromatic rings. The van der Waals surface area contributed by atoms with Crippen LogP contribution in [-0.2, 0) is 0 Å². The zero-order valence-electron chi connectivity index (χ0n) is 8.96. The minimum Gasteiger partial charge on any atom is -0.352 e. The molecule has 82 valence electrons. The largest absolute Gasteiger partial charge is 0.352 e. The average Bonchev–Trinajstić information content (AvgIpc) is 2.26. The predicted molar refractivity (Wildman–Crippen MR) is 61.0 cm³/mol. The number of carbonyl (C=O) groups is 1. The number of nitrogens with zero attached hydrogens (tertiary/aromatic N) is 1. The minimum absolute atomic E-state index is 0.159. The first-order valence-corrected chi connectivity index (χ1v) is 5.40. The third kappa shape index (κ3) is 3.51. The van der Waals surface area contributed by atoms with Crippen molar-refractivity contribution in [2.75, 3.05) is 6.54 Å². The fourth-order valence-electron chi connectivity index (χ4n) is 1.05. The van der Waals surface area contributed by atoms with Gasteiger partial charge in [0.05, 0.1) is 10.6 Å². The molecule has 3 nitrogen and oxygen atoms in total. The maximum atomic E-state index is 11.7. The highest BCUT2D eigenvalue weighted by Crippen LogP contribution is 2.13. The molecule has 0 aliphatic rings. The van der Waals surface area contributed by atoms with Crippen LogP contribution in [0.15, 0.2) is 18.5 Å². The molecule has 0 fully saturated rings. The van der Waals surface area contributed by atoms with Gasteiger partial charge in [-0.15, -0.1) is 0 Å². The van der Waals surface area contributed by atoms with E-state index in [4.69, 9.17) is 11.6 Å². The fraction of sp³-hybridized carbons (Fsp3) is 0.455. The first-order chi connectivity index (χ1) is 7.15. The number of carbonyl (C=O) groups excluding carboxylic acids is 1. The van der Waals surface area contributed by atoms with Gasteiger partial charge in [-0.1, -0.05) is 31.9 Å². The highest BCUT2D eigenvalue weighted by Gasteiger charge is 2.10. The van der Waals surface area contributed by atoms with Gasteiger partial charge in [0.2, 0.25) is 0 Å². The first-order valence-electron chi connectivity index (χ1n) is 5.02. The SMILES string of the molecule is CCC(C)CNC(=O)c1cnccc1Cl. The molecule has 0 radical (unpaired) electrons. The number of nitrogens with one attached hydrogen (secondary N) is 1. The quantitative estimate of drug-likeness (QED) is 0.857. The lowest BCUT2D eigenvalue weighted by molar-refractivity contribution is 0.0947. The summed E-state index contributed by atoms with van der Waals surface area (Å²) < 4.78 is 0. The Morgan fingerprint density at radius 1 is 1.67 bits per heavy atom. The van der Waals surface area contributed by atoms with E-state index in [-0.39, 0.29) is 5.91 Å². The summed E-state index contributed by atoms with van der Waals surface area (Å²) in [6.45, 7) is 4.85. The number of aromatic nitrogens is 1. The molecule has 0 aliphatic heterocycles. The number of amides is 1. The number of halogens is 1. The van der Waals surface area contributed by atoms with Crippen LogP contribution in [0.4, 0.5) is 0 Å². The summed E-state index contributed by atoms with van der Waals surface area (Å²) in [6, 6.07) is 1.61. The lowest BCUT2D eigenvalue weighted by atomic mass is 10.1. The Morgan fingerprint density at radius 2 is 2.40 bits per heavy atom. The topological polar surface area (TPSA) is 42.0 Å². The molecule has 1 N–H and O–H groups in total. The summed E-state index contributed by atoms with van der Waals surface area (Å²) in [5, 5.41) is 3.26. The van der Waals surface area contributed by atoms with Gasteiger partial charge in [0.1, 0.15) is 0 Å². The van der Waals surface area contributed by atoms with E-state index in [1.54, 1.807) is 12.3 Å². The third-order valence-electron chi connectivity index (χ3n) is 2.32. The molecule has 0 bridgehead atoms. The summed E-state index contributed by atoms with van der Waals surface area (Å²) in [6.07, 6.45) is 4.09. The van der Waals surface area contributed by atoms with Gasteiger partial charge < -0.3 is 5.32 Å². The second-order valence-electron chi connectivity index (χ2n) is 3.58. The number of rotatable bonds is 4. The van der Waals surface area contributed by atoms with Crippen LogP contribution in [0.25, 0.3) is 0 Å². The highest BCUT2D eigenvalue weighted by atomic mass is 35.5. The molecular weight excluding hydrogens is 212 g/mol. The van der Waals surface area contributed by atoms with Gasteiger partial charge in [-0.3, -0.25) is 9.78 Å². The van der Waals surface area contributed by atoms with Crippen LogP contribution in [-0.4, -0.2) is 17.4 Å². The van der Waals surface area contributed by atoms with E-state index in [9.17, 15) is 4.79 Å². The summed E-state index contributed by atoms with van der Waals surface area (Å²) >= 11 is 5.87. The van der Waals surface area contributed by atoms with Crippen molar-refractivity contribution in [3.8, 4) is 0 Å². The van der Waals surface area contributed by atoms with Crippen molar-refractivity contribution in [2.45, 2.75) is 20.3 Å². The fourth-order valence-corrected chi connectivity index (χ4v) is 1.24. The van der Waals surface area contributed by atoms with Crippen LogP contribution in [0.1, 0.15) is 30.6 Å². The third-order valence-corrected chi connectivity index (χ3v) is 2.65.